The Morgan fingerprint density at radius 2 is 1.60 bits per heavy atom. The molecule has 0 saturated carbocycles. The van der Waals surface area contributed by atoms with Crippen molar-refractivity contribution in [1.29, 1.82) is 0 Å². The standard InChI is InChI=1S/C15H34N4.HI/c1-6-14(7-2)13-18-15(16-8-3)17-11-12-19(9-4)10-5;/h14H,6-13H2,1-5H3,(H2,16,17,18);1H. The summed E-state index contributed by atoms with van der Waals surface area (Å²) < 4.78 is 0. The van der Waals surface area contributed by atoms with E-state index in [1.165, 1.54) is 12.8 Å². The molecule has 20 heavy (non-hydrogen) atoms. The molecule has 0 aliphatic carbocycles. The third-order valence-electron chi connectivity index (χ3n) is 3.62. The summed E-state index contributed by atoms with van der Waals surface area (Å²) >= 11 is 0. The van der Waals surface area contributed by atoms with Crippen molar-refractivity contribution in [1.82, 2.24) is 15.5 Å². The van der Waals surface area contributed by atoms with Gasteiger partial charge in [-0.05, 0) is 25.9 Å². The fourth-order valence-corrected chi connectivity index (χ4v) is 1.98. The smallest absolute Gasteiger partial charge is 0.191 e. The van der Waals surface area contributed by atoms with Gasteiger partial charge in [0, 0.05) is 26.2 Å². The molecule has 0 aliphatic heterocycles. The molecule has 0 spiro atoms. The Hall–Kier alpha value is -0.0400. The number of nitrogens with one attached hydrogen (secondary N) is 2. The molecule has 0 unspecified atom stereocenters. The second-order valence-corrected chi connectivity index (χ2v) is 4.86. The van der Waals surface area contributed by atoms with Gasteiger partial charge in [-0.1, -0.05) is 40.5 Å². The SMILES string of the molecule is CCNC(=NCC(CC)CC)NCCN(CC)CC.I. The van der Waals surface area contributed by atoms with E-state index in [1.54, 1.807) is 0 Å². The highest BCUT2D eigenvalue weighted by Gasteiger charge is 2.04. The Morgan fingerprint density at radius 1 is 1.00 bits per heavy atom. The average molecular weight is 398 g/mol. The van der Waals surface area contributed by atoms with Crippen molar-refractivity contribution in [3.63, 3.8) is 0 Å². The first-order valence-electron chi connectivity index (χ1n) is 7.96. The van der Waals surface area contributed by atoms with Crippen molar-refractivity contribution in [3.8, 4) is 0 Å². The molecule has 0 bridgehead atoms. The highest BCUT2D eigenvalue weighted by Crippen LogP contribution is 2.06. The van der Waals surface area contributed by atoms with E-state index in [9.17, 15) is 0 Å². The molecule has 0 aromatic carbocycles. The van der Waals surface area contributed by atoms with Gasteiger partial charge in [0.05, 0.1) is 0 Å². The molecule has 0 heterocycles. The zero-order valence-corrected chi connectivity index (χ0v) is 16.4. The van der Waals surface area contributed by atoms with Gasteiger partial charge in [0.15, 0.2) is 5.96 Å². The number of nitrogens with zero attached hydrogens (tertiary/aromatic N) is 2. The molecule has 5 heteroatoms. The molecule has 0 aromatic heterocycles. The van der Waals surface area contributed by atoms with Gasteiger partial charge in [0.1, 0.15) is 0 Å². The monoisotopic (exact) mass is 398 g/mol. The number of rotatable bonds is 10. The molecular formula is C15H35IN4. The topological polar surface area (TPSA) is 39.7 Å². The van der Waals surface area contributed by atoms with Crippen molar-refractivity contribution in [2.24, 2.45) is 10.9 Å². The minimum Gasteiger partial charge on any atom is -0.357 e. The lowest BCUT2D eigenvalue weighted by Crippen LogP contribution is -2.41. The summed E-state index contributed by atoms with van der Waals surface area (Å²) in [6, 6.07) is 0. The van der Waals surface area contributed by atoms with Gasteiger partial charge >= 0.3 is 0 Å². The molecule has 0 saturated heterocycles. The average Bonchev–Trinajstić information content (AvgIpc) is 2.44. The molecule has 0 atom stereocenters. The first-order valence-corrected chi connectivity index (χ1v) is 7.96. The number of hydrogen-bond acceptors (Lipinski definition) is 2. The van der Waals surface area contributed by atoms with Gasteiger partial charge in [0.25, 0.3) is 0 Å². The van der Waals surface area contributed by atoms with Gasteiger partial charge in [-0.3, -0.25) is 4.99 Å². The third-order valence-corrected chi connectivity index (χ3v) is 3.62. The first kappa shape index (κ1) is 22.2. The predicted molar refractivity (Wildman–Crippen MR) is 101 cm³/mol. The molecule has 0 aromatic rings. The quantitative estimate of drug-likeness (QED) is 0.338. The predicted octanol–water partition coefficient (Wildman–Crippen LogP) is 2.94. The first-order chi connectivity index (χ1) is 9.21. The van der Waals surface area contributed by atoms with Crippen LogP contribution in [-0.2, 0) is 0 Å². The Morgan fingerprint density at radius 3 is 2.05 bits per heavy atom. The molecule has 122 valence electrons. The molecule has 0 amide bonds. The summed E-state index contributed by atoms with van der Waals surface area (Å²) in [6.07, 6.45) is 2.41. The summed E-state index contributed by atoms with van der Waals surface area (Å²) in [6.45, 7) is 17.1. The van der Waals surface area contributed by atoms with Crippen LogP contribution in [0.5, 0.6) is 0 Å². The zero-order chi connectivity index (χ0) is 14.5. The highest BCUT2D eigenvalue weighted by atomic mass is 127. The number of guanidine groups is 1. The number of hydrogen-bond donors (Lipinski definition) is 2. The molecule has 2 N–H and O–H groups in total. The Bertz CT molecular complexity index is 226. The normalized spacial score (nSPS) is 11.7. The summed E-state index contributed by atoms with van der Waals surface area (Å²) in [4.78, 5) is 7.09. The van der Waals surface area contributed by atoms with Crippen LogP contribution in [0.4, 0.5) is 0 Å². The third kappa shape index (κ3) is 10.7. The van der Waals surface area contributed by atoms with Crippen molar-refractivity contribution in [2.45, 2.75) is 47.5 Å². The van der Waals surface area contributed by atoms with Crippen molar-refractivity contribution >= 4 is 29.9 Å². The maximum Gasteiger partial charge on any atom is 0.191 e. The summed E-state index contributed by atoms with van der Waals surface area (Å²) in [7, 11) is 0. The van der Waals surface area contributed by atoms with Crippen molar-refractivity contribution in [3.05, 3.63) is 0 Å². The minimum absolute atomic E-state index is 0. The Balaban J connectivity index is 0. The lowest BCUT2D eigenvalue weighted by molar-refractivity contribution is 0.308. The van der Waals surface area contributed by atoms with Crippen LogP contribution < -0.4 is 10.6 Å². The maximum absolute atomic E-state index is 4.68. The second kappa shape index (κ2) is 15.4. The van der Waals surface area contributed by atoms with Gasteiger partial charge < -0.3 is 15.5 Å². The fourth-order valence-electron chi connectivity index (χ4n) is 1.98. The van der Waals surface area contributed by atoms with Crippen LogP contribution in [0.3, 0.4) is 0 Å². The van der Waals surface area contributed by atoms with Crippen LogP contribution in [0, 0.1) is 5.92 Å². The van der Waals surface area contributed by atoms with Gasteiger partial charge in [0.2, 0.25) is 0 Å². The lowest BCUT2D eigenvalue weighted by atomic mass is 10.0. The summed E-state index contributed by atoms with van der Waals surface area (Å²) in [5.41, 5.74) is 0. The molecule has 0 radical (unpaired) electrons. The lowest BCUT2D eigenvalue weighted by Gasteiger charge is -2.19. The zero-order valence-electron chi connectivity index (χ0n) is 14.0. The molecule has 0 aliphatic rings. The van der Waals surface area contributed by atoms with Crippen molar-refractivity contribution in [2.75, 3.05) is 39.3 Å². The molecule has 4 nitrogen and oxygen atoms in total. The summed E-state index contributed by atoms with van der Waals surface area (Å²) in [5, 5.41) is 6.74. The maximum atomic E-state index is 4.68. The van der Waals surface area contributed by atoms with E-state index >= 15 is 0 Å². The van der Waals surface area contributed by atoms with E-state index in [-0.39, 0.29) is 24.0 Å². The fraction of sp³-hybridized carbons (Fsp3) is 0.933. The van der Waals surface area contributed by atoms with Gasteiger partial charge in [-0.2, -0.15) is 0 Å². The molecule has 0 fully saturated rings. The van der Waals surface area contributed by atoms with E-state index in [0.29, 0.717) is 5.92 Å². The highest BCUT2D eigenvalue weighted by molar-refractivity contribution is 14.0. The Labute approximate surface area is 143 Å². The largest absolute Gasteiger partial charge is 0.357 e. The molecule has 0 rings (SSSR count). The van der Waals surface area contributed by atoms with E-state index in [4.69, 9.17) is 0 Å². The number of halogens is 1. The summed E-state index contributed by atoms with van der Waals surface area (Å²) in [5.74, 6) is 1.67. The van der Waals surface area contributed by atoms with Crippen LogP contribution in [0.1, 0.15) is 47.5 Å². The Kier molecular flexibility index (Phi) is 17.1. The second-order valence-electron chi connectivity index (χ2n) is 4.86. The van der Waals surface area contributed by atoms with Crippen LogP contribution >= 0.6 is 24.0 Å². The van der Waals surface area contributed by atoms with Crippen LogP contribution in [0.15, 0.2) is 4.99 Å². The van der Waals surface area contributed by atoms with E-state index in [1.807, 2.05) is 0 Å². The number of aliphatic imine (C=N–C) groups is 1. The van der Waals surface area contributed by atoms with E-state index in [0.717, 1.165) is 45.2 Å². The van der Waals surface area contributed by atoms with Gasteiger partial charge in [-0.25, -0.2) is 0 Å². The van der Waals surface area contributed by atoms with Crippen LogP contribution in [0.2, 0.25) is 0 Å². The van der Waals surface area contributed by atoms with Crippen LogP contribution in [-0.4, -0.2) is 50.1 Å². The number of likely N-dealkylation sites (N-methyl/N-ethyl adjacent to an activating group) is 1. The molecular weight excluding hydrogens is 363 g/mol. The van der Waals surface area contributed by atoms with E-state index in [2.05, 4.69) is 55.1 Å². The van der Waals surface area contributed by atoms with Crippen LogP contribution in [0.25, 0.3) is 0 Å². The minimum atomic E-state index is 0. The van der Waals surface area contributed by atoms with E-state index < -0.39 is 0 Å². The van der Waals surface area contributed by atoms with Gasteiger partial charge in [-0.15, -0.1) is 24.0 Å². The van der Waals surface area contributed by atoms with Crippen molar-refractivity contribution < 1.29 is 0 Å².